The Labute approximate surface area is 136 Å². The van der Waals surface area contributed by atoms with Crippen LogP contribution in [0, 0.1) is 5.92 Å². The fourth-order valence-corrected chi connectivity index (χ4v) is 3.62. The summed E-state index contributed by atoms with van der Waals surface area (Å²) in [7, 11) is 0. The first-order valence-electron chi connectivity index (χ1n) is 8.44. The molecule has 5 heteroatoms. The molecule has 2 aliphatic rings. The Morgan fingerprint density at radius 3 is 2.65 bits per heavy atom. The highest BCUT2D eigenvalue weighted by Gasteiger charge is 2.27. The standard InChI is InChI=1S/C18H24N2O3/c21-17(22)11-16(12-20-8-6-19-7-9-20)18(23)15-5-4-13-2-1-3-14(13)10-15/h4-5,10,16,19H,1-3,6-9,11-12H2,(H,21,22). The van der Waals surface area contributed by atoms with Gasteiger partial charge in [0.25, 0.3) is 0 Å². The Morgan fingerprint density at radius 1 is 1.17 bits per heavy atom. The highest BCUT2D eigenvalue weighted by Crippen LogP contribution is 2.25. The number of aliphatic carboxylic acids is 1. The molecule has 124 valence electrons. The number of ketones is 1. The topological polar surface area (TPSA) is 69.6 Å². The van der Waals surface area contributed by atoms with Crippen LogP contribution in [-0.2, 0) is 17.6 Å². The van der Waals surface area contributed by atoms with E-state index < -0.39 is 11.9 Å². The van der Waals surface area contributed by atoms with Gasteiger partial charge in [-0.1, -0.05) is 12.1 Å². The van der Waals surface area contributed by atoms with Crippen LogP contribution in [0.15, 0.2) is 18.2 Å². The monoisotopic (exact) mass is 316 g/mol. The summed E-state index contributed by atoms with van der Waals surface area (Å²) in [5.74, 6) is -1.40. The van der Waals surface area contributed by atoms with Crippen LogP contribution >= 0.6 is 0 Å². The number of benzene rings is 1. The summed E-state index contributed by atoms with van der Waals surface area (Å²) in [5.41, 5.74) is 3.26. The zero-order valence-electron chi connectivity index (χ0n) is 13.4. The van der Waals surface area contributed by atoms with E-state index in [-0.39, 0.29) is 12.2 Å². The van der Waals surface area contributed by atoms with E-state index in [0.717, 1.165) is 45.4 Å². The average molecular weight is 316 g/mol. The first-order valence-corrected chi connectivity index (χ1v) is 8.44. The van der Waals surface area contributed by atoms with Crippen LogP contribution in [0.4, 0.5) is 0 Å². The number of carboxylic acid groups (broad SMARTS) is 1. The molecule has 0 saturated carbocycles. The molecule has 23 heavy (non-hydrogen) atoms. The normalized spacial score (nSPS) is 19.3. The summed E-state index contributed by atoms with van der Waals surface area (Å²) < 4.78 is 0. The molecule has 1 saturated heterocycles. The van der Waals surface area contributed by atoms with Crippen molar-refractivity contribution in [1.82, 2.24) is 10.2 Å². The molecule has 1 aliphatic carbocycles. The number of carboxylic acids is 1. The molecule has 0 amide bonds. The molecule has 0 aromatic heterocycles. The molecule has 0 radical (unpaired) electrons. The van der Waals surface area contributed by atoms with Crippen molar-refractivity contribution in [2.24, 2.45) is 5.92 Å². The maximum atomic E-state index is 12.8. The van der Waals surface area contributed by atoms with E-state index in [1.54, 1.807) is 0 Å². The minimum Gasteiger partial charge on any atom is -0.481 e. The molecule has 1 aliphatic heterocycles. The number of nitrogens with zero attached hydrogens (tertiary/aromatic N) is 1. The SMILES string of the molecule is O=C(O)CC(CN1CCNCC1)C(=O)c1ccc2c(c1)CCC2. The molecule has 2 N–H and O–H groups in total. The van der Waals surface area contributed by atoms with E-state index in [1.807, 2.05) is 18.2 Å². The van der Waals surface area contributed by atoms with Crippen molar-refractivity contribution in [3.63, 3.8) is 0 Å². The maximum Gasteiger partial charge on any atom is 0.304 e. The average Bonchev–Trinajstić information content (AvgIpc) is 3.01. The van der Waals surface area contributed by atoms with Crippen LogP contribution < -0.4 is 5.32 Å². The zero-order valence-corrected chi connectivity index (χ0v) is 13.4. The molecule has 1 heterocycles. The molecule has 1 aromatic carbocycles. The van der Waals surface area contributed by atoms with Gasteiger partial charge in [-0.2, -0.15) is 0 Å². The van der Waals surface area contributed by atoms with Crippen LogP contribution in [0.3, 0.4) is 0 Å². The van der Waals surface area contributed by atoms with Crippen molar-refractivity contribution in [2.45, 2.75) is 25.7 Å². The van der Waals surface area contributed by atoms with Crippen LogP contribution in [0.2, 0.25) is 0 Å². The number of piperazine rings is 1. The summed E-state index contributed by atoms with van der Waals surface area (Å²) in [5, 5.41) is 12.5. The lowest BCUT2D eigenvalue weighted by atomic mass is 9.92. The molecule has 5 nitrogen and oxygen atoms in total. The number of Topliss-reactive ketones (excluding diaryl/α,β-unsaturated/α-hetero) is 1. The maximum absolute atomic E-state index is 12.8. The van der Waals surface area contributed by atoms with Gasteiger partial charge in [0.05, 0.1) is 6.42 Å². The van der Waals surface area contributed by atoms with E-state index in [0.29, 0.717) is 12.1 Å². The number of hydrogen-bond donors (Lipinski definition) is 2. The number of carbonyl (C=O) groups is 2. The van der Waals surface area contributed by atoms with Crippen molar-refractivity contribution in [3.05, 3.63) is 34.9 Å². The summed E-state index contributed by atoms with van der Waals surface area (Å²) >= 11 is 0. The summed E-state index contributed by atoms with van der Waals surface area (Å²) in [4.78, 5) is 26.2. The van der Waals surface area contributed by atoms with Gasteiger partial charge in [-0.3, -0.25) is 9.59 Å². The van der Waals surface area contributed by atoms with Gasteiger partial charge in [0, 0.05) is 44.2 Å². The van der Waals surface area contributed by atoms with Gasteiger partial charge in [0.1, 0.15) is 0 Å². The van der Waals surface area contributed by atoms with Crippen molar-refractivity contribution in [3.8, 4) is 0 Å². The number of rotatable bonds is 6. The van der Waals surface area contributed by atoms with E-state index in [1.165, 1.54) is 11.1 Å². The van der Waals surface area contributed by atoms with Crippen LogP contribution in [-0.4, -0.2) is 54.5 Å². The molecular formula is C18H24N2O3. The fraction of sp³-hybridized carbons (Fsp3) is 0.556. The number of fused-ring (bicyclic) bond motifs is 1. The number of aryl methyl sites for hydroxylation is 2. The van der Waals surface area contributed by atoms with E-state index in [4.69, 9.17) is 0 Å². The van der Waals surface area contributed by atoms with Gasteiger partial charge in [-0.25, -0.2) is 0 Å². The Kier molecular flexibility index (Phi) is 5.08. The van der Waals surface area contributed by atoms with Gasteiger partial charge in [0.15, 0.2) is 5.78 Å². The smallest absolute Gasteiger partial charge is 0.304 e. The van der Waals surface area contributed by atoms with Gasteiger partial charge in [-0.15, -0.1) is 0 Å². The van der Waals surface area contributed by atoms with Gasteiger partial charge < -0.3 is 15.3 Å². The fourth-order valence-electron chi connectivity index (χ4n) is 3.62. The van der Waals surface area contributed by atoms with Gasteiger partial charge in [0.2, 0.25) is 0 Å². The van der Waals surface area contributed by atoms with E-state index in [2.05, 4.69) is 10.2 Å². The third-order valence-electron chi connectivity index (χ3n) is 4.86. The lowest BCUT2D eigenvalue weighted by Gasteiger charge is -2.30. The Morgan fingerprint density at radius 2 is 1.91 bits per heavy atom. The lowest BCUT2D eigenvalue weighted by molar-refractivity contribution is -0.137. The number of nitrogens with one attached hydrogen (secondary N) is 1. The van der Waals surface area contributed by atoms with Crippen LogP contribution in [0.1, 0.15) is 34.3 Å². The van der Waals surface area contributed by atoms with Crippen molar-refractivity contribution in [1.29, 1.82) is 0 Å². The molecular weight excluding hydrogens is 292 g/mol. The molecule has 1 aromatic rings. The summed E-state index contributed by atoms with van der Waals surface area (Å²) in [6, 6.07) is 5.90. The second-order valence-electron chi connectivity index (χ2n) is 6.55. The molecule has 3 rings (SSSR count). The highest BCUT2D eigenvalue weighted by atomic mass is 16.4. The summed E-state index contributed by atoms with van der Waals surface area (Å²) in [6.07, 6.45) is 3.16. The first kappa shape index (κ1) is 16.1. The Hall–Kier alpha value is -1.72. The molecule has 1 atom stereocenters. The minimum atomic E-state index is -0.903. The number of hydrogen-bond acceptors (Lipinski definition) is 4. The Balaban J connectivity index is 1.74. The predicted molar refractivity (Wildman–Crippen MR) is 87.9 cm³/mol. The molecule has 1 unspecified atom stereocenters. The second kappa shape index (κ2) is 7.23. The largest absolute Gasteiger partial charge is 0.481 e. The van der Waals surface area contributed by atoms with Crippen LogP contribution in [0.5, 0.6) is 0 Å². The molecule has 0 spiro atoms. The lowest BCUT2D eigenvalue weighted by Crippen LogP contribution is -2.46. The van der Waals surface area contributed by atoms with E-state index in [9.17, 15) is 14.7 Å². The van der Waals surface area contributed by atoms with Crippen molar-refractivity contribution < 1.29 is 14.7 Å². The second-order valence-corrected chi connectivity index (χ2v) is 6.55. The number of carbonyl (C=O) groups excluding carboxylic acids is 1. The first-order chi connectivity index (χ1) is 11.1. The predicted octanol–water partition coefficient (Wildman–Crippen LogP) is 1.35. The summed E-state index contributed by atoms with van der Waals surface area (Å²) in [6.45, 7) is 4.06. The van der Waals surface area contributed by atoms with Gasteiger partial charge >= 0.3 is 5.97 Å². The van der Waals surface area contributed by atoms with Crippen molar-refractivity contribution >= 4 is 11.8 Å². The Bertz CT molecular complexity index is 594. The highest BCUT2D eigenvalue weighted by molar-refractivity contribution is 5.99. The quantitative estimate of drug-likeness (QED) is 0.776. The third kappa shape index (κ3) is 3.98. The third-order valence-corrected chi connectivity index (χ3v) is 4.86. The minimum absolute atomic E-state index is 0.0272. The van der Waals surface area contributed by atoms with Crippen LogP contribution in [0.25, 0.3) is 0 Å². The molecule has 0 bridgehead atoms. The van der Waals surface area contributed by atoms with Gasteiger partial charge in [-0.05, 0) is 36.5 Å². The zero-order chi connectivity index (χ0) is 16.2. The molecule has 1 fully saturated rings. The van der Waals surface area contributed by atoms with Crippen molar-refractivity contribution in [2.75, 3.05) is 32.7 Å². The van der Waals surface area contributed by atoms with E-state index >= 15 is 0 Å².